The SMILES string of the molecule is O=C(NCCc1nc(C2CC2)no1)C1CCCCN1C(=O)c1ccccc1. The largest absolute Gasteiger partial charge is 0.354 e. The number of piperidine rings is 1. The third-order valence-electron chi connectivity index (χ3n) is 5.15. The van der Waals surface area contributed by atoms with Gasteiger partial charge in [-0.2, -0.15) is 4.98 Å². The van der Waals surface area contributed by atoms with Gasteiger partial charge in [0.25, 0.3) is 5.91 Å². The highest BCUT2D eigenvalue weighted by Gasteiger charge is 2.32. The Kier molecular flexibility index (Phi) is 5.18. The Morgan fingerprint density at radius 3 is 2.74 bits per heavy atom. The standard InChI is InChI=1S/C20H24N4O3/c25-19(21-12-11-17-22-18(23-27-17)14-9-10-14)16-8-4-5-13-24(16)20(26)15-6-2-1-3-7-15/h1-3,6-7,14,16H,4-5,8-13H2,(H,21,25). The first-order valence-corrected chi connectivity index (χ1v) is 9.68. The van der Waals surface area contributed by atoms with Gasteiger partial charge in [0.05, 0.1) is 0 Å². The Labute approximate surface area is 158 Å². The molecular formula is C20H24N4O3. The lowest BCUT2D eigenvalue weighted by molar-refractivity contribution is -0.126. The zero-order valence-corrected chi connectivity index (χ0v) is 15.3. The van der Waals surface area contributed by atoms with Gasteiger partial charge >= 0.3 is 0 Å². The molecule has 1 saturated carbocycles. The van der Waals surface area contributed by atoms with Crippen molar-refractivity contribution in [2.45, 2.75) is 50.5 Å². The molecule has 27 heavy (non-hydrogen) atoms. The highest BCUT2D eigenvalue weighted by atomic mass is 16.5. The molecule has 1 unspecified atom stereocenters. The van der Waals surface area contributed by atoms with E-state index in [0.717, 1.165) is 31.5 Å². The van der Waals surface area contributed by atoms with Gasteiger partial charge in [-0.3, -0.25) is 9.59 Å². The molecule has 2 aliphatic rings. The van der Waals surface area contributed by atoms with Gasteiger partial charge in [-0.05, 0) is 44.2 Å². The zero-order chi connectivity index (χ0) is 18.6. The fourth-order valence-electron chi connectivity index (χ4n) is 3.48. The summed E-state index contributed by atoms with van der Waals surface area (Å²) in [4.78, 5) is 31.6. The highest BCUT2D eigenvalue weighted by molar-refractivity contribution is 5.97. The summed E-state index contributed by atoms with van der Waals surface area (Å²) in [6.45, 7) is 1.04. The molecule has 0 bridgehead atoms. The monoisotopic (exact) mass is 368 g/mol. The minimum absolute atomic E-state index is 0.0820. The molecule has 4 rings (SSSR count). The molecule has 1 aromatic heterocycles. The van der Waals surface area contributed by atoms with E-state index in [1.54, 1.807) is 17.0 Å². The van der Waals surface area contributed by atoms with Gasteiger partial charge in [-0.1, -0.05) is 23.4 Å². The first kappa shape index (κ1) is 17.7. The third-order valence-corrected chi connectivity index (χ3v) is 5.15. The molecule has 2 fully saturated rings. The van der Waals surface area contributed by atoms with Crippen molar-refractivity contribution in [3.63, 3.8) is 0 Å². The van der Waals surface area contributed by atoms with Crippen molar-refractivity contribution in [1.29, 1.82) is 0 Å². The Morgan fingerprint density at radius 2 is 1.96 bits per heavy atom. The summed E-state index contributed by atoms with van der Waals surface area (Å²) >= 11 is 0. The summed E-state index contributed by atoms with van der Waals surface area (Å²) in [5, 5.41) is 6.91. The van der Waals surface area contributed by atoms with E-state index in [1.165, 1.54) is 0 Å². The Hall–Kier alpha value is -2.70. The van der Waals surface area contributed by atoms with Crippen molar-refractivity contribution in [3.05, 3.63) is 47.6 Å². The zero-order valence-electron chi connectivity index (χ0n) is 15.3. The molecule has 2 heterocycles. The van der Waals surface area contributed by atoms with E-state index < -0.39 is 6.04 Å². The molecule has 1 aliphatic carbocycles. The minimum atomic E-state index is -0.420. The van der Waals surface area contributed by atoms with Crippen molar-refractivity contribution < 1.29 is 14.1 Å². The van der Waals surface area contributed by atoms with Crippen LogP contribution in [0.1, 0.15) is 60.1 Å². The van der Waals surface area contributed by atoms with Crippen molar-refractivity contribution in [3.8, 4) is 0 Å². The summed E-state index contributed by atoms with van der Waals surface area (Å²) < 4.78 is 5.23. The van der Waals surface area contributed by atoms with Crippen LogP contribution in [-0.4, -0.2) is 46.0 Å². The molecule has 7 nitrogen and oxygen atoms in total. The number of aromatic nitrogens is 2. The van der Waals surface area contributed by atoms with Crippen LogP contribution in [0.15, 0.2) is 34.9 Å². The molecule has 2 aromatic rings. The van der Waals surface area contributed by atoms with Gasteiger partial charge in [0.1, 0.15) is 6.04 Å². The van der Waals surface area contributed by atoms with E-state index in [0.29, 0.717) is 43.3 Å². The van der Waals surface area contributed by atoms with Crippen molar-refractivity contribution in [2.24, 2.45) is 0 Å². The molecule has 1 aromatic carbocycles. The fraction of sp³-hybridized carbons (Fsp3) is 0.500. The number of nitrogens with one attached hydrogen (secondary N) is 1. The Balaban J connectivity index is 1.33. The number of hydrogen-bond acceptors (Lipinski definition) is 5. The van der Waals surface area contributed by atoms with Crippen molar-refractivity contribution in [1.82, 2.24) is 20.4 Å². The number of rotatable bonds is 6. The molecule has 1 saturated heterocycles. The van der Waals surface area contributed by atoms with Crippen LogP contribution in [0, 0.1) is 0 Å². The third kappa shape index (κ3) is 4.18. The lowest BCUT2D eigenvalue weighted by atomic mass is 10.00. The molecular weight excluding hydrogens is 344 g/mol. The molecule has 1 aliphatic heterocycles. The van der Waals surface area contributed by atoms with E-state index in [2.05, 4.69) is 15.5 Å². The van der Waals surface area contributed by atoms with E-state index in [1.807, 2.05) is 18.2 Å². The number of amides is 2. The smallest absolute Gasteiger partial charge is 0.254 e. The van der Waals surface area contributed by atoms with Gasteiger partial charge in [0, 0.05) is 31.0 Å². The summed E-state index contributed by atoms with van der Waals surface area (Å²) in [5.41, 5.74) is 0.621. The maximum absolute atomic E-state index is 12.8. The fourth-order valence-corrected chi connectivity index (χ4v) is 3.48. The minimum Gasteiger partial charge on any atom is -0.354 e. The number of likely N-dealkylation sites (tertiary alicyclic amines) is 1. The summed E-state index contributed by atoms with van der Waals surface area (Å²) in [7, 11) is 0. The number of carbonyl (C=O) groups is 2. The van der Waals surface area contributed by atoms with Crippen molar-refractivity contribution >= 4 is 11.8 Å². The maximum atomic E-state index is 12.8. The van der Waals surface area contributed by atoms with Crippen molar-refractivity contribution in [2.75, 3.05) is 13.1 Å². The molecule has 7 heteroatoms. The van der Waals surface area contributed by atoms with E-state index in [9.17, 15) is 9.59 Å². The maximum Gasteiger partial charge on any atom is 0.254 e. The number of nitrogens with zero attached hydrogens (tertiary/aromatic N) is 3. The lowest BCUT2D eigenvalue weighted by Crippen LogP contribution is -2.52. The van der Waals surface area contributed by atoms with Crippen LogP contribution in [0.5, 0.6) is 0 Å². The van der Waals surface area contributed by atoms with Crippen LogP contribution in [0.2, 0.25) is 0 Å². The average Bonchev–Trinajstić information content (AvgIpc) is 3.47. The number of benzene rings is 1. The predicted octanol–water partition coefficient (Wildman–Crippen LogP) is 2.30. The molecule has 2 amide bonds. The molecule has 0 radical (unpaired) electrons. The molecule has 0 spiro atoms. The highest BCUT2D eigenvalue weighted by Crippen LogP contribution is 2.38. The lowest BCUT2D eigenvalue weighted by Gasteiger charge is -2.34. The summed E-state index contributed by atoms with van der Waals surface area (Å²) in [5.74, 6) is 1.60. The molecule has 1 atom stereocenters. The van der Waals surface area contributed by atoms with Gasteiger partial charge in [0.2, 0.25) is 11.8 Å². The average molecular weight is 368 g/mol. The Morgan fingerprint density at radius 1 is 1.15 bits per heavy atom. The van der Waals surface area contributed by atoms with Crippen LogP contribution in [0.4, 0.5) is 0 Å². The van der Waals surface area contributed by atoms with Gasteiger partial charge in [-0.25, -0.2) is 0 Å². The van der Waals surface area contributed by atoms with E-state index in [-0.39, 0.29) is 11.8 Å². The predicted molar refractivity (Wildman–Crippen MR) is 98.1 cm³/mol. The van der Waals surface area contributed by atoms with Crippen LogP contribution in [0.25, 0.3) is 0 Å². The first-order valence-electron chi connectivity index (χ1n) is 9.68. The summed E-state index contributed by atoms with van der Waals surface area (Å²) in [6, 6.07) is 8.72. The van der Waals surface area contributed by atoms with Crippen LogP contribution < -0.4 is 5.32 Å². The van der Waals surface area contributed by atoms with Gasteiger partial charge < -0.3 is 14.7 Å². The summed E-state index contributed by atoms with van der Waals surface area (Å²) in [6.07, 6.45) is 5.33. The van der Waals surface area contributed by atoms with Crippen LogP contribution in [0.3, 0.4) is 0 Å². The molecule has 142 valence electrons. The second-order valence-corrected chi connectivity index (χ2v) is 7.24. The number of hydrogen-bond donors (Lipinski definition) is 1. The van der Waals surface area contributed by atoms with Crippen LogP contribution >= 0.6 is 0 Å². The first-order chi connectivity index (χ1) is 13.2. The van der Waals surface area contributed by atoms with Gasteiger partial charge in [-0.15, -0.1) is 0 Å². The quantitative estimate of drug-likeness (QED) is 0.845. The van der Waals surface area contributed by atoms with E-state index in [4.69, 9.17) is 4.52 Å². The molecule has 1 N–H and O–H groups in total. The Bertz CT molecular complexity index is 801. The number of carbonyl (C=O) groups excluding carboxylic acids is 2. The second-order valence-electron chi connectivity index (χ2n) is 7.24. The normalized spacial score (nSPS) is 19.7. The van der Waals surface area contributed by atoms with Crippen LogP contribution in [-0.2, 0) is 11.2 Å². The second kappa shape index (κ2) is 7.90. The van der Waals surface area contributed by atoms with E-state index >= 15 is 0 Å². The van der Waals surface area contributed by atoms with Gasteiger partial charge in [0.15, 0.2) is 5.82 Å². The topological polar surface area (TPSA) is 88.3 Å².